The van der Waals surface area contributed by atoms with Gasteiger partial charge in [0.25, 0.3) is 0 Å². The molecule has 0 bridgehead atoms. The lowest BCUT2D eigenvalue weighted by Crippen LogP contribution is -2.25. The smallest absolute Gasteiger partial charge is 0.410 e. The van der Waals surface area contributed by atoms with E-state index < -0.39 is 18.2 Å². The number of halogens is 1. The molecule has 1 N–H and O–H groups in total. The second-order valence-electron chi connectivity index (χ2n) is 4.11. The molecule has 1 aliphatic rings. The highest BCUT2D eigenvalue weighted by Crippen LogP contribution is 2.18. The number of carboxylic acid groups (broad SMARTS) is 1. The third kappa shape index (κ3) is 3.22. The van der Waals surface area contributed by atoms with Gasteiger partial charge in [-0.05, 0) is 17.7 Å². The van der Waals surface area contributed by atoms with Crippen LogP contribution in [0.15, 0.2) is 28.7 Å². The minimum atomic E-state index is -0.960. The normalized spacial score (nSPS) is 18.8. The summed E-state index contributed by atoms with van der Waals surface area (Å²) in [6.07, 6.45) is -1.16. The van der Waals surface area contributed by atoms with E-state index in [9.17, 15) is 9.59 Å². The van der Waals surface area contributed by atoms with Gasteiger partial charge >= 0.3 is 12.1 Å². The molecule has 96 valence electrons. The van der Waals surface area contributed by atoms with Crippen molar-refractivity contribution in [3.63, 3.8) is 0 Å². The molecule has 1 heterocycles. The van der Waals surface area contributed by atoms with E-state index in [2.05, 4.69) is 15.9 Å². The zero-order chi connectivity index (χ0) is 13.1. The van der Waals surface area contributed by atoms with E-state index in [4.69, 9.17) is 9.84 Å². The van der Waals surface area contributed by atoms with Crippen LogP contribution in [0.3, 0.4) is 0 Å². The van der Waals surface area contributed by atoms with E-state index in [0.717, 1.165) is 10.0 Å². The molecule has 1 saturated heterocycles. The van der Waals surface area contributed by atoms with Crippen LogP contribution in [-0.2, 0) is 16.1 Å². The van der Waals surface area contributed by atoms with Crippen molar-refractivity contribution in [1.82, 2.24) is 4.90 Å². The predicted octanol–water partition coefficient (Wildman–Crippen LogP) is 2.24. The lowest BCUT2D eigenvalue weighted by Gasteiger charge is -2.12. The van der Waals surface area contributed by atoms with Gasteiger partial charge in [-0.2, -0.15) is 0 Å². The zero-order valence-corrected chi connectivity index (χ0v) is 11.1. The lowest BCUT2D eigenvalue weighted by atomic mass is 10.2. The van der Waals surface area contributed by atoms with Crippen molar-refractivity contribution in [2.24, 2.45) is 0 Å². The number of amides is 1. The van der Waals surface area contributed by atoms with E-state index in [1.165, 1.54) is 4.90 Å². The molecule has 0 radical (unpaired) electrons. The first-order valence-electron chi connectivity index (χ1n) is 5.46. The summed E-state index contributed by atoms with van der Waals surface area (Å²) in [6, 6.07) is 7.60. The molecule has 0 aromatic heterocycles. The molecule has 0 saturated carbocycles. The highest BCUT2D eigenvalue weighted by Gasteiger charge is 2.32. The molecule has 5 nitrogen and oxygen atoms in total. The van der Waals surface area contributed by atoms with Gasteiger partial charge in [-0.15, -0.1) is 0 Å². The summed E-state index contributed by atoms with van der Waals surface area (Å²) in [6.45, 7) is 0.753. The number of aliphatic carboxylic acids is 1. The maximum Gasteiger partial charge on any atom is 0.410 e. The quantitative estimate of drug-likeness (QED) is 0.925. The van der Waals surface area contributed by atoms with Crippen LogP contribution in [0.25, 0.3) is 0 Å². The van der Waals surface area contributed by atoms with Crippen LogP contribution in [0.5, 0.6) is 0 Å². The molecule has 6 heteroatoms. The van der Waals surface area contributed by atoms with Crippen LogP contribution in [0.2, 0.25) is 0 Å². The Hall–Kier alpha value is -1.56. The van der Waals surface area contributed by atoms with E-state index in [0.29, 0.717) is 13.1 Å². The highest BCUT2D eigenvalue weighted by atomic mass is 79.9. The molecule has 1 aromatic rings. The van der Waals surface area contributed by atoms with Crippen molar-refractivity contribution in [2.75, 3.05) is 6.54 Å². The fraction of sp³-hybridized carbons (Fsp3) is 0.333. The number of carbonyl (C=O) groups excluding carboxylic acids is 1. The fourth-order valence-electron chi connectivity index (χ4n) is 1.82. The Labute approximate surface area is 112 Å². The van der Waals surface area contributed by atoms with E-state index >= 15 is 0 Å². The molecule has 1 fully saturated rings. The predicted molar refractivity (Wildman–Crippen MR) is 67.1 cm³/mol. The van der Waals surface area contributed by atoms with Gasteiger partial charge in [0.05, 0.1) is 13.0 Å². The fourth-order valence-corrected chi connectivity index (χ4v) is 2.08. The summed E-state index contributed by atoms with van der Waals surface area (Å²) < 4.78 is 5.95. The third-order valence-corrected chi connectivity index (χ3v) is 3.17. The van der Waals surface area contributed by atoms with Crippen molar-refractivity contribution >= 4 is 28.0 Å². The van der Waals surface area contributed by atoms with Crippen molar-refractivity contribution in [3.05, 3.63) is 34.3 Å². The molecule has 18 heavy (non-hydrogen) atoms. The number of hydrogen-bond acceptors (Lipinski definition) is 3. The van der Waals surface area contributed by atoms with E-state index in [-0.39, 0.29) is 6.42 Å². The van der Waals surface area contributed by atoms with Crippen LogP contribution >= 0.6 is 15.9 Å². The molecular formula is C12H12BrNO4. The van der Waals surface area contributed by atoms with Crippen molar-refractivity contribution in [3.8, 4) is 0 Å². The maximum absolute atomic E-state index is 11.5. The Bertz CT molecular complexity index is 460. The molecule has 1 aromatic carbocycles. The second-order valence-corrected chi connectivity index (χ2v) is 5.03. The maximum atomic E-state index is 11.5. The average Bonchev–Trinajstić information content (AvgIpc) is 2.61. The number of hydrogen-bond donors (Lipinski definition) is 1. The standard InChI is InChI=1S/C12H12BrNO4/c13-9-3-1-8(2-4-9)6-14-7-10(5-11(15)16)18-12(14)17/h1-4,10H,5-7H2,(H,15,16). The van der Waals surface area contributed by atoms with Gasteiger partial charge in [0, 0.05) is 11.0 Å². The monoisotopic (exact) mass is 313 g/mol. The SMILES string of the molecule is O=C(O)CC1CN(Cc2ccc(Br)cc2)C(=O)O1. The minimum Gasteiger partial charge on any atom is -0.481 e. The average molecular weight is 314 g/mol. The summed E-state index contributed by atoms with van der Waals surface area (Å²) in [5, 5.41) is 8.65. The molecule has 1 atom stereocenters. The largest absolute Gasteiger partial charge is 0.481 e. The first kappa shape index (κ1) is 12.9. The summed E-state index contributed by atoms with van der Waals surface area (Å²) in [5.41, 5.74) is 0.978. The van der Waals surface area contributed by atoms with Crippen LogP contribution in [0, 0.1) is 0 Å². The van der Waals surface area contributed by atoms with E-state index in [1.54, 1.807) is 0 Å². The Morgan fingerprint density at radius 2 is 2.11 bits per heavy atom. The molecule has 2 rings (SSSR count). The number of ether oxygens (including phenoxy) is 1. The summed E-state index contributed by atoms with van der Waals surface area (Å²) in [5.74, 6) is -0.960. The van der Waals surface area contributed by atoms with Crippen molar-refractivity contribution < 1.29 is 19.4 Å². The highest BCUT2D eigenvalue weighted by molar-refractivity contribution is 9.10. The topological polar surface area (TPSA) is 66.8 Å². The van der Waals surface area contributed by atoms with Gasteiger partial charge < -0.3 is 14.7 Å². The van der Waals surface area contributed by atoms with Crippen LogP contribution in [0.1, 0.15) is 12.0 Å². The van der Waals surface area contributed by atoms with Crippen LogP contribution in [-0.4, -0.2) is 34.7 Å². The lowest BCUT2D eigenvalue weighted by molar-refractivity contribution is -0.138. The summed E-state index contributed by atoms with van der Waals surface area (Å²) in [7, 11) is 0. The number of cyclic esters (lactones) is 1. The van der Waals surface area contributed by atoms with Gasteiger partial charge in [-0.1, -0.05) is 28.1 Å². The molecule has 1 unspecified atom stereocenters. The Morgan fingerprint density at radius 1 is 1.44 bits per heavy atom. The summed E-state index contributed by atoms with van der Waals surface area (Å²) >= 11 is 3.34. The van der Waals surface area contributed by atoms with Crippen molar-refractivity contribution in [1.29, 1.82) is 0 Å². The van der Waals surface area contributed by atoms with Gasteiger partial charge in [-0.25, -0.2) is 4.79 Å². The molecular weight excluding hydrogens is 302 g/mol. The van der Waals surface area contributed by atoms with Crippen LogP contribution in [0.4, 0.5) is 4.79 Å². The van der Waals surface area contributed by atoms with E-state index in [1.807, 2.05) is 24.3 Å². The summed E-state index contributed by atoms with van der Waals surface area (Å²) in [4.78, 5) is 23.6. The number of nitrogens with zero attached hydrogens (tertiary/aromatic N) is 1. The number of carbonyl (C=O) groups is 2. The van der Waals surface area contributed by atoms with Crippen LogP contribution < -0.4 is 0 Å². The number of benzene rings is 1. The van der Waals surface area contributed by atoms with Gasteiger partial charge in [0.2, 0.25) is 0 Å². The zero-order valence-electron chi connectivity index (χ0n) is 9.51. The Kier molecular flexibility index (Phi) is 3.86. The van der Waals surface area contributed by atoms with Gasteiger partial charge in [-0.3, -0.25) is 4.79 Å². The van der Waals surface area contributed by atoms with Gasteiger partial charge in [0.1, 0.15) is 6.10 Å². The van der Waals surface area contributed by atoms with Gasteiger partial charge in [0.15, 0.2) is 0 Å². The Morgan fingerprint density at radius 3 is 2.72 bits per heavy atom. The first-order valence-corrected chi connectivity index (χ1v) is 6.25. The van der Waals surface area contributed by atoms with Crippen molar-refractivity contribution in [2.45, 2.75) is 19.1 Å². The minimum absolute atomic E-state index is 0.150. The molecule has 0 spiro atoms. The molecule has 1 aliphatic heterocycles. The first-order chi connectivity index (χ1) is 8.54. The number of carboxylic acids is 1. The molecule has 1 amide bonds. The Balaban J connectivity index is 1.96. The third-order valence-electron chi connectivity index (χ3n) is 2.64. The number of rotatable bonds is 4. The molecule has 0 aliphatic carbocycles. The second kappa shape index (κ2) is 5.39.